The molecule has 8 heteroatoms. The number of rotatable bonds is 26. The fraction of sp³-hybridized carbons (Fsp3) is 0.488. The van der Waals surface area contributed by atoms with Crippen molar-refractivity contribution in [3.05, 3.63) is 108 Å². The molecule has 0 fully saturated rings. The Hall–Kier alpha value is -4.46. The van der Waals surface area contributed by atoms with Gasteiger partial charge < -0.3 is 20.1 Å². The predicted molar refractivity (Wildman–Crippen MR) is 201 cm³/mol. The van der Waals surface area contributed by atoms with Gasteiger partial charge in [-0.15, -0.1) is 0 Å². The first-order valence-corrected chi connectivity index (χ1v) is 19.0. The molecule has 0 saturated heterocycles. The number of carbonyl (C=O) groups excluding carboxylic acids is 4. The predicted octanol–water partition coefficient (Wildman–Crippen LogP) is 8.56. The minimum absolute atomic E-state index is 0.00885. The minimum Gasteiger partial charge on any atom is -0.461 e. The van der Waals surface area contributed by atoms with E-state index in [1.807, 2.05) is 91.0 Å². The van der Waals surface area contributed by atoms with Crippen molar-refractivity contribution in [3.8, 4) is 0 Å². The normalized spacial score (nSPS) is 12.0. The second-order valence-electron chi connectivity index (χ2n) is 13.3. The highest BCUT2D eigenvalue weighted by molar-refractivity contribution is 5.91. The summed E-state index contributed by atoms with van der Waals surface area (Å²) in [4.78, 5) is 52.8. The maximum absolute atomic E-state index is 13.8. The zero-order valence-corrected chi connectivity index (χ0v) is 30.5. The van der Waals surface area contributed by atoms with Crippen molar-refractivity contribution in [2.45, 2.75) is 135 Å². The number of benzene rings is 3. The molecule has 3 rings (SSSR count). The summed E-state index contributed by atoms with van der Waals surface area (Å²) in [6.45, 7) is 2.37. The molecule has 0 aromatic heterocycles. The van der Waals surface area contributed by atoms with E-state index in [4.69, 9.17) is 9.47 Å². The number of ether oxygens (including phenoxy) is 2. The average Bonchev–Trinajstić information content (AvgIpc) is 3.16. The molecule has 51 heavy (non-hydrogen) atoms. The van der Waals surface area contributed by atoms with Crippen molar-refractivity contribution >= 4 is 23.8 Å². The van der Waals surface area contributed by atoms with Crippen LogP contribution in [0.1, 0.15) is 120 Å². The number of esters is 2. The fourth-order valence-corrected chi connectivity index (χ4v) is 5.86. The largest absolute Gasteiger partial charge is 0.461 e. The van der Waals surface area contributed by atoms with Crippen LogP contribution < -0.4 is 10.6 Å². The third-order valence-corrected chi connectivity index (χ3v) is 8.93. The number of amides is 2. The quantitative estimate of drug-likeness (QED) is 0.0642. The Morgan fingerprint density at radius 3 is 1.57 bits per heavy atom. The van der Waals surface area contributed by atoms with Crippen LogP contribution in [0.25, 0.3) is 0 Å². The van der Waals surface area contributed by atoms with Gasteiger partial charge in [0.25, 0.3) is 0 Å². The highest BCUT2D eigenvalue weighted by atomic mass is 16.5. The van der Waals surface area contributed by atoms with Gasteiger partial charge in [0.1, 0.15) is 25.3 Å². The van der Waals surface area contributed by atoms with Gasteiger partial charge in [0.15, 0.2) is 0 Å². The van der Waals surface area contributed by atoms with Gasteiger partial charge in [0.2, 0.25) is 11.8 Å². The first kappa shape index (κ1) is 41.0. The average molecular weight is 699 g/mol. The SMILES string of the molecule is CCCCCCCCCCCCCC(=O)NC(CCc1ccccc1)C(=O)NC(CCC(=O)OCc1ccccc1)C(=O)OCc1ccccc1. The summed E-state index contributed by atoms with van der Waals surface area (Å²) in [6.07, 6.45) is 14.2. The highest BCUT2D eigenvalue weighted by Gasteiger charge is 2.28. The van der Waals surface area contributed by atoms with Crippen molar-refractivity contribution in [3.63, 3.8) is 0 Å². The number of aryl methyl sites for hydroxylation is 1. The van der Waals surface area contributed by atoms with Crippen LogP contribution in [-0.4, -0.2) is 35.8 Å². The van der Waals surface area contributed by atoms with Crippen LogP contribution >= 0.6 is 0 Å². The second-order valence-corrected chi connectivity index (χ2v) is 13.3. The number of nitrogens with one attached hydrogen (secondary N) is 2. The molecule has 8 nitrogen and oxygen atoms in total. The van der Waals surface area contributed by atoms with Crippen LogP contribution in [0.5, 0.6) is 0 Å². The van der Waals surface area contributed by atoms with E-state index in [1.165, 1.54) is 51.4 Å². The molecule has 2 unspecified atom stereocenters. The van der Waals surface area contributed by atoms with Gasteiger partial charge in [-0.1, -0.05) is 162 Å². The number of unbranched alkanes of at least 4 members (excludes halogenated alkanes) is 10. The van der Waals surface area contributed by atoms with Gasteiger partial charge in [-0.2, -0.15) is 0 Å². The van der Waals surface area contributed by atoms with Crippen LogP contribution in [0.2, 0.25) is 0 Å². The van der Waals surface area contributed by atoms with E-state index in [-0.39, 0.29) is 32.0 Å². The molecule has 0 saturated carbocycles. The lowest BCUT2D eigenvalue weighted by Crippen LogP contribution is -2.52. The molecule has 2 N–H and O–H groups in total. The minimum atomic E-state index is -1.10. The third kappa shape index (κ3) is 18.4. The van der Waals surface area contributed by atoms with Crippen LogP contribution in [0.4, 0.5) is 0 Å². The molecule has 0 heterocycles. The molecule has 0 aliphatic carbocycles. The molecule has 0 spiro atoms. The number of hydrogen-bond acceptors (Lipinski definition) is 6. The summed E-state index contributed by atoms with van der Waals surface area (Å²) in [7, 11) is 0. The lowest BCUT2D eigenvalue weighted by molar-refractivity contribution is -0.150. The molecule has 276 valence electrons. The van der Waals surface area contributed by atoms with E-state index in [1.54, 1.807) is 0 Å². The smallest absolute Gasteiger partial charge is 0.328 e. The van der Waals surface area contributed by atoms with Gasteiger partial charge in [0, 0.05) is 12.8 Å². The van der Waals surface area contributed by atoms with E-state index in [9.17, 15) is 19.2 Å². The molecule has 2 atom stereocenters. The Kier molecular flexibility index (Phi) is 20.5. The van der Waals surface area contributed by atoms with E-state index in [2.05, 4.69) is 17.6 Å². The van der Waals surface area contributed by atoms with Crippen molar-refractivity contribution in [1.82, 2.24) is 10.6 Å². The Bertz CT molecular complexity index is 1400. The summed E-state index contributed by atoms with van der Waals surface area (Å²) in [5.41, 5.74) is 2.69. The molecule has 0 aliphatic rings. The zero-order valence-electron chi connectivity index (χ0n) is 30.5. The molecule has 3 aromatic carbocycles. The van der Waals surface area contributed by atoms with Crippen molar-refractivity contribution < 1.29 is 28.7 Å². The summed E-state index contributed by atoms with van der Waals surface area (Å²) in [5.74, 6) is -1.82. The highest BCUT2D eigenvalue weighted by Crippen LogP contribution is 2.14. The monoisotopic (exact) mass is 698 g/mol. The molecular formula is C43H58N2O6. The maximum atomic E-state index is 13.8. The summed E-state index contributed by atoms with van der Waals surface area (Å²) in [5, 5.41) is 5.73. The van der Waals surface area contributed by atoms with Gasteiger partial charge in [-0.3, -0.25) is 14.4 Å². The van der Waals surface area contributed by atoms with Crippen LogP contribution in [0, 0.1) is 0 Å². The molecule has 0 radical (unpaired) electrons. The first-order valence-electron chi connectivity index (χ1n) is 19.0. The van der Waals surface area contributed by atoms with E-state index in [0.717, 1.165) is 36.0 Å². The Morgan fingerprint density at radius 1 is 0.529 bits per heavy atom. The summed E-state index contributed by atoms with van der Waals surface area (Å²) >= 11 is 0. The first-order chi connectivity index (χ1) is 24.9. The molecule has 0 bridgehead atoms. The topological polar surface area (TPSA) is 111 Å². The Balaban J connectivity index is 1.56. The van der Waals surface area contributed by atoms with E-state index < -0.39 is 29.9 Å². The standard InChI is InChI=1S/C43H58N2O6/c1-2-3-4-5-6-7-8-9-10-11-21-28-40(46)44-38(30-29-35-22-15-12-16-23-35)42(48)45-39(43(49)51-34-37-26-19-14-20-27-37)31-32-41(47)50-33-36-24-17-13-18-25-36/h12-20,22-27,38-39H,2-11,21,28-34H2,1H3,(H,44,46)(H,45,48). The van der Waals surface area contributed by atoms with E-state index >= 15 is 0 Å². The number of carbonyl (C=O) groups is 4. The second kappa shape index (κ2) is 25.5. The lowest BCUT2D eigenvalue weighted by Gasteiger charge is -2.23. The molecule has 2 amide bonds. The van der Waals surface area contributed by atoms with Crippen LogP contribution in [0.15, 0.2) is 91.0 Å². The lowest BCUT2D eigenvalue weighted by atomic mass is 10.0. The van der Waals surface area contributed by atoms with Crippen molar-refractivity contribution in [2.75, 3.05) is 0 Å². The summed E-state index contributed by atoms with van der Waals surface area (Å²) < 4.78 is 11.0. The van der Waals surface area contributed by atoms with Crippen LogP contribution in [-0.2, 0) is 48.3 Å². The molecule has 0 aliphatic heterocycles. The fourth-order valence-electron chi connectivity index (χ4n) is 5.86. The Morgan fingerprint density at radius 2 is 1.02 bits per heavy atom. The van der Waals surface area contributed by atoms with Crippen molar-refractivity contribution in [1.29, 1.82) is 0 Å². The zero-order chi connectivity index (χ0) is 36.4. The van der Waals surface area contributed by atoms with Crippen molar-refractivity contribution in [2.24, 2.45) is 0 Å². The third-order valence-electron chi connectivity index (χ3n) is 8.93. The van der Waals surface area contributed by atoms with Gasteiger partial charge in [-0.05, 0) is 42.4 Å². The van der Waals surface area contributed by atoms with Gasteiger partial charge >= 0.3 is 11.9 Å². The molecular weight excluding hydrogens is 640 g/mol. The number of hydrogen-bond donors (Lipinski definition) is 2. The maximum Gasteiger partial charge on any atom is 0.328 e. The summed E-state index contributed by atoms with van der Waals surface area (Å²) in [6, 6.07) is 26.4. The molecule has 3 aromatic rings. The van der Waals surface area contributed by atoms with Gasteiger partial charge in [-0.25, -0.2) is 4.79 Å². The van der Waals surface area contributed by atoms with E-state index in [0.29, 0.717) is 19.3 Å². The Labute approximate surface area is 305 Å². The van der Waals surface area contributed by atoms with Crippen LogP contribution in [0.3, 0.4) is 0 Å². The van der Waals surface area contributed by atoms with Gasteiger partial charge in [0.05, 0.1) is 0 Å².